The van der Waals surface area contributed by atoms with Gasteiger partial charge in [-0.1, -0.05) is 0 Å². The number of nitrogens with zero attached hydrogens (tertiary/aromatic N) is 2. The Hall–Kier alpha value is -2.11. The molecule has 0 unspecified atom stereocenters. The van der Waals surface area contributed by atoms with Crippen LogP contribution in [0.5, 0.6) is 0 Å². The molecule has 2 heterocycles. The average molecular weight is 234 g/mol. The zero-order valence-corrected chi connectivity index (χ0v) is 9.73. The Kier molecular flexibility index (Phi) is 2.49. The van der Waals surface area contributed by atoms with Gasteiger partial charge in [-0.15, -0.1) is 0 Å². The first-order valence-electron chi connectivity index (χ1n) is 5.25. The molecule has 0 spiro atoms. The van der Waals surface area contributed by atoms with Crippen molar-refractivity contribution in [1.29, 1.82) is 0 Å². The predicted molar refractivity (Wildman–Crippen MR) is 63.2 cm³/mol. The number of rotatable bonds is 1. The number of carbonyl (C=O) groups excluding carboxylic acids is 2. The summed E-state index contributed by atoms with van der Waals surface area (Å²) in [6.07, 6.45) is 1.50. The van der Waals surface area contributed by atoms with E-state index in [1.54, 1.807) is 30.9 Å². The van der Waals surface area contributed by atoms with Gasteiger partial charge in [0.25, 0.3) is 5.91 Å². The van der Waals surface area contributed by atoms with Crippen molar-refractivity contribution in [2.45, 2.75) is 19.4 Å². The first-order chi connectivity index (χ1) is 7.91. The van der Waals surface area contributed by atoms with Gasteiger partial charge in [-0.05, 0) is 26.0 Å². The van der Waals surface area contributed by atoms with Crippen molar-refractivity contribution in [2.24, 2.45) is 0 Å². The molecule has 0 aromatic carbocycles. The minimum absolute atomic E-state index is 0.107. The molecule has 0 bridgehead atoms. The summed E-state index contributed by atoms with van der Waals surface area (Å²) in [7, 11) is 0. The fourth-order valence-corrected chi connectivity index (χ4v) is 1.71. The zero-order valence-electron chi connectivity index (χ0n) is 9.73. The zero-order chi connectivity index (χ0) is 12.6. The van der Waals surface area contributed by atoms with Crippen molar-refractivity contribution >= 4 is 23.3 Å². The van der Waals surface area contributed by atoms with Crippen molar-refractivity contribution in [3.8, 4) is 0 Å². The third-order valence-electron chi connectivity index (χ3n) is 2.83. The Bertz CT molecular complexity index is 467. The summed E-state index contributed by atoms with van der Waals surface area (Å²) in [6.45, 7) is 3.59. The Morgan fingerprint density at radius 2 is 2.12 bits per heavy atom. The van der Waals surface area contributed by atoms with Crippen LogP contribution in [0.25, 0.3) is 0 Å². The van der Waals surface area contributed by atoms with Gasteiger partial charge in [-0.3, -0.25) is 14.9 Å². The highest BCUT2D eigenvalue weighted by atomic mass is 16.2. The van der Waals surface area contributed by atoms with Gasteiger partial charge in [0.1, 0.15) is 11.4 Å². The number of hydrogen-bond donors (Lipinski definition) is 2. The van der Waals surface area contributed by atoms with Crippen molar-refractivity contribution < 1.29 is 9.59 Å². The van der Waals surface area contributed by atoms with Crippen LogP contribution in [-0.2, 0) is 9.59 Å². The number of amides is 2. The van der Waals surface area contributed by atoms with Gasteiger partial charge in [0.05, 0.1) is 18.4 Å². The van der Waals surface area contributed by atoms with E-state index < -0.39 is 5.54 Å². The maximum absolute atomic E-state index is 11.8. The highest BCUT2D eigenvalue weighted by molar-refractivity contribution is 6.06. The number of nitrogen functional groups attached to an aromatic ring is 1. The van der Waals surface area contributed by atoms with E-state index in [-0.39, 0.29) is 18.4 Å². The molecule has 0 saturated carbocycles. The first-order valence-corrected chi connectivity index (χ1v) is 5.25. The number of carbonyl (C=O) groups is 2. The van der Waals surface area contributed by atoms with Crippen LogP contribution in [0.4, 0.5) is 11.5 Å². The molecule has 17 heavy (non-hydrogen) atoms. The quantitative estimate of drug-likeness (QED) is 0.663. The van der Waals surface area contributed by atoms with Gasteiger partial charge in [0.2, 0.25) is 5.91 Å². The van der Waals surface area contributed by atoms with Crippen LogP contribution in [0, 0.1) is 0 Å². The minimum Gasteiger partial charge on any atom is -0.397 e. The maximum Gasteiger partial charge on any atom is 0.251 e. The second-order valence-electron chi connectivity index (χ2n) is 4.47. The fraction of sp³-hybridized carbons (Fsp3) is 0.364. The third-order valence-corrected chi connectivity index (χ3v) is 2.83. The average Bonchev–Trinajstić information content (AvgIpc) is 2.25. The van der Waals surface area contributed by atoms with Crippen LogP contribution in [0.15, 0.2) is 18.3 Å². The van der Waals surface area contributed by atoms with Crippen molar-refractivity contribution in [3.63, 3.8) is 0 Å². The lowest BCUT2D eigenvalue weighted by molar-refractivity contribution is -0.135. The molecule has 1 aliphatic rings. The lowest BCUT2D eigenvalue weighted by Crippen LogP contribution is -2.64. The lowest BCUT2D eigenvalue weighted by atomic mass is 9.99. The van der Waals surface area contributed by atoms with E-state index >= 15 is 0 Å². The van der Waals surface area contributed by atoms with E-state index in [9.17, 15) is 9.59 Å². The molecule has 6 nitrogen and oxygen atoms in total. The molecule has 3 N–H and O–H groups in total. The Labute approximate surface area is 98.8 Å². The summed E-state index contributed by atoms with van der Waals surface area (Å²) in [5.41, 5.74) is 5.28. The number of anilines is 2. The minimum atomic E-state index is -0.809. The van der Waals surface area contributed by atoms with Crippen LogP contribution < -0.4 is 16.0 Å². The van der Waals surface area contributed by atoms with Crippen LogP contribution >= 0.6 is 0 Å². The van der Waals surface area contributed by atoms with Crippen molar-refractivity contribution in [3.05, 3.63) is 18.3 Å². The summed E-state index contributed by atoms with van der Waals surface area (Å²) >= 11 is 0. The van der Waals surface area contributed by atoms with Crippen LogP contribution in [0.2, 0.25) is 0 Å². The summed E-state index contributed by atoms with van der Waals surface area (Å²) in [5, 5.41) is 2.31. The molecule has 1 saturated heterocycles. The molecule has 6 heteroatoms. The largest absolute Gasteiger partial charge is 0.397 e. The standard InChI is InChI=1S/C11H14N4O2/c1-11(2)10(17)14-9(16)6-15(11)8-4-3-7(12)5-13-8/h3-5H,6,12H2,1-2H3,(H,14,16,17). The topological polar surface area (TPSA) is 88.3 Å². The Morgan fingerprint density at radius 1 is 1.41 bits per heavy atom. The Balaban J connectivity index is 2.38. The van der Waals surface area contributed by atoms with Gasteiger partial charge in [-0.2, -0.15) is 0 Å². The fourth-order valence-electron chi connectivity index (χ4n) is 1.71. The number of nitrogens with two attached hydrogens (primary N) is 1. The molecule has 0 aliphatic carbocycles. The number of piperazine rings is 1. The third kappa shape index (κ3) is 1.93. The predicted octanol–water partition coefficient (Wildman–Crippen LogP) is -0.0948. The van der Waals surface area contributed by atoms with E-state index in [0.717, 1.165) is 0 Å². The van der Waals surface area contributed by atoms with Crippen LogP contribution in [-0.4, -0.2) is 28.9 Å². The van der Waals surface area contributed by atoms with E-state index in [1.807, 2.05) is 0 Å². The normalized spacial score (nSPS) is 19.1. The van der Waals surface area contributed by atoms with Crippen molar-refractivity contribution in [2.75, 3.05) is 17.2 Å². The highest BCUT2D eigenvalue weighted by Crippen LogP contribution is 2.24. The molecular formula is C11H14N4O2. The van der Waals surface area contributed by atoms with Gasteiger partial charge >= 0.3 is 0 Å². The lowest BCUT2D eigenvalue weighted by Gasteiger charge is -2.40. The molecule has 1 fully saturated rings. The van der Waals surface area contributed by atoms with Crippen LogP contribution in [0.3, 0.4) is 0 Å². The van der Waals surface area contributed by atoms with E-state index in [4.69, 9.17) is 5.73 Å². The molecule has 90 valence electrons. The number of aromatic nitrogens is 1. The molecule has 2 rings (SSSR count). The van der Waals surface area contributed by atoms with Crippen LogP contribution in [0.1, 0.15) is 13.8 Å². The molecule has 0 atom stereocenters. The van der Waals surface area contributed by atoms with Gasteiger partial charge in [0.15, 0.2) is 0 Å². The molecule has 1 aromatic heterocycles. The second kappa shape index (κ2) is 3.73. The van der Waals surface area contributed by atoms with Gasteiger partial charge in [0, 0.05) is 0 Å². The monoisotopic (exact) mass is 234 g/mol. The maximum atomic E-state index is 11.8. The molecule has 2 amide bonds. The molecular weight excluding hydrogens is 220 g/mol. The molecule has 1 aromatic rings. The molecule has 1 aliphatic heterocycles. The summed E-state index contributed by atoms with van der Waals surface area (Å²) in [4.78, 5) is 28.9. The summed E-state index contributed by atoms with van der Waals surface area (Å²) < 4.78 is 0. The van der Waals surface area contributed by atoms with E-state index in [2.05, 4.69) is 10.3 Å². The second-order valence-corrected chi connectivity index (χ2v) is 4.47. The number of imide groups is 1. The SMILES string of the molecule is CC1(C)C(=O)NC(=O)CN1c1ccc(N)cn1. The summed E-state index contributed by atoms with van der Waals surface area (Å²) in [5.74, 6) is -0.0901. The van der Waals surface area contributed by atoms with Crippen molar-refractivity contribution in [1.82, 2.24) is 10.3 Å². The highest BCUT2D eigenvalue weighted by Gasteiger charge is 2.41. The van der Waals surface area contributed by atoms with E-state index in [0.29, 0.717) is 11.5 Å². The number of nitrogens with one attached hydrogen (secondary N) is 1. The van der Waals surface area contributed by atoms with E-state index in [1.165, 1.54) is 6.20 Å². The van der Waals surface area contributed by atoms with Gasteiger partial charge in [-0.25, -0.2) is 4.98 Å². The van der Waals surface area contributed by atoms with Gasteiger partial charge < -0.3 is 10.6 Å². The molecule has 0 radical (unpaired) electrons. The Morgan fingerprint density at radius 3 is 2.71 bits per heavy atom. The number of hydrogen-bond acceptors (Lipinski definition) is 5. The number of pyridine rings is 1. The smallest absolute Gasteiger partial charge is 0.251 e. The summed E-state index contributed by atoms with van der Waals surface area (Å²) in [6, 6.07) is 3.39. The first kappa shape index (κ1) is 11.4.